The van der Waals surface area contributed by atoms with Crippen molar-refractivity contribution in [2.45, 2.75) is 65.0 Å². The van der Waals surface area contributed by atoms with E-state index in [9.17, 15) is 9.59 Å². The molecule has 0 radical (unpaired) electrons. The van der Waals surface area contributed by atoms with Crippen LogP contribution in [0.15, 0.2) is 0 Å². The highest BCUT2D eigenvalue weighted by Gasteiger charge is 2.24. The van der Waals surface area contributed by atoms with Crippen LogP contribution in [-0.2, 0) is 14.3 Å². The first-order valence-electron chi connectivity index (χ1n) is 7.54. The van der Waals surface area contributed by atoms with Crippen LogP contribution in [0.1, 0.15) is 52.9 Å². The standard InChI is InChI=1S/C15H27NO4/c1-10(2)8-12(15(18)19)16-14(17)9-20-13-7-5-4-6-11(13)3/h10-13H,4-9H2,1-3H3,(H,16,17)(H,18,19)/t11?,12-,13?/m1/s1. The molecule has 0 aromatic rings. The van der Waals surface area contributed by atoms with Crippen LogP contribution >= 0.6 is 0 Å². The number of hydrogen-bond acceptors (Lipinski definition) is 3. The summed E-state index contributed by atoms with van der Waals surface area (Å²) in [5, 5.41) is 11.6. The highest BCUT2D eigenvalue weighted by Crippen LogP contribution is 2.26. The maximum absolute atomic E-state index is 11.8. The second kappa shape index (κ2) is 8.25. The Bertz CT molecular complexity index is 330. The lowest BCUT2D eigenvalue weighted by atomic mass is 9.88. The minimum atomic E-state index is -0.988. The summed E-state index contributed by atoms with van der Waals surface area (Å²) in [5.74, 6) is -0.632. The van der Waals surface area contributed by atoms with Crippen LogP contribution in [0.3, 0.4) is 0 Å². The Balaban J connectivity index is 2.35. The molecule has 1 saturated carbocycles. The van der Waals surface area contributed by atoms with Crippen LogP contribution in [0.4, 0.5) is 0 Å². The molecule has 1 rings (SSSR count). The number of nitrogens with one attached hydrogen (secondary N) is 1. The second-order valence-corrected chi connectivity index (χ2v) is 6.20. The second-order valence-electron chi connectivity index (χ2n) is 6.20. The largest absolute Gasteiger partial charge is 0.480 e. The molecule has 0 bridgehead atoms. The summed E-state index contributed by atoms with van der Waals surface area (Å²) in [6.45, 7) is 5.96. The third-order valence-electron chi connectivity index (χ3n) is 3.80. The van der Waals surface area contributed by atoms with E-state index in [0.717, 1.165) is 19.3 Å². The van der Waals surface area contributed by atoms with Gasteiger partial charge >= 0.3 is 5.97 Å². The molecular weight excluding hydrogens is 258 g/mol. The van der Waals surface area contributed by atoms with Crippen LogP contribution < -0.4 is 5.32 Å². The Labute approximate surface area is 121 Å². The Morgan fingerprint density at radius 3 is 2.50 bits per heavy atom. The van der Waals surface area contributed by atoms with Gasteiger partial charge in [-0.1, -0.05) is 33.6 Å². The fourth-order valence-electron chi connectivity index (χ4n) is 2.64. The highest BCUT2D eigenvalue weighted by atomic mass is 16.5. The van der Waals surface area contributed by atoms with E-state index in [1.807, 2.05) is 13.8 Å². The van der Waals surface area contributed by atoms with E-state index in [4.69, 9.17) is 9.84 Å². The lowest BCUT2D eigenvalue weighted by Gasteiger charge is -2.28. The van der Waals surface area contributed by atoms with Crippen LogP contribution in [0, 0.1) is 11.8 Å². The summed E-state index contributed by atoms with van der Waals surface area (Å²) >= 11 is 0. The van der Waals surface area contributed by atoms with Crippen molar-refractivity contribution in [3.63, 3.8) is 0 Å². The van der Waals surface area contributed by atoms with Gasteiger partial charge in [-0.05, 0) is 31.1 Å². The SMILES string of the molecule is CC(C)C[C@@H](NC(=O)COC1CCCCC1C)C(=O)O. The van der Waals surface area contributed by atoms with Crippen molar-refractivity contribution in [2.75, 3.05) is 6.61 Å². The Morgan fingerprint density at radius 1 is 1.30 bits per heavy atom. The Morgan fingerprint density at radius 2 is 1.95 bits per heavy atom. The van der Waals surface area contributed by atoms with E-state index < -0.39 is 12.0 Å². The zero-order chi connectivity index (χ0) is 15.1. The maximum atomic E-state index is 11.8. The number of ether oxygens (including phenoxy) is 1. The van der Waals surface area contributed by atoms with E-state index in [1.165, 1.54) is 6.42 Å². The Kier molecular flexibility index (Phi) is 6.99. The molecule has 5 heteroatoms. The van der Waals surface area contributed by atoms with Gasteiger partial charge in [0.15, 0.2) is 0 Å². The average molecular weight is 285 g/mol. The lowest BCUT2D eigenvalue weighted by molar-refractivity contribution is -0.143. The first kappa shape index (κ1) is 17.0. The molecule has 2 unspecified atom stereocenters. The van der Waals surface area contributed by atoms with Gasteiger partial charge in [0, 0.05) is 0 Å². The summed E-state index contributed by atoms with van der Waals surface area (Å²) in [7, 11) is 0. The Hall–Kier alpha value is -1.10. The van der Waals surface area contributed by atoms with Crippen molar-refractivity contribution in [1.82, 2.24) is 5.32 Å². The van der Waals surface area contributed by atoms with Crippen molar-refractivity contribution in [2.24, 2.45) is 11.8 Å². The van der Waals surface area contributed by atoms with Gasteiger partial charge in [0.2, 0.25) is 5.91 Å². The summed E-state index contributed by atoms with van der Waals surface area (Å²) in [4.78, 5) is 22.9. The summed E-state index contributed by atoms with van der Waals surface area (Å²) in [6, 6.07) is -0.824. The van der Waals surface area contributed by atoms with Crippen molar-refractivity contribution in [1.29, 1.82) is 0 Å². The van der Waals surface area contributed by atoms with Crippen LogP contribution in [0.5, 0.6) is 0 Å². The van der Waals surface area contributed by atoms with Gasteiger partial charge in [0.1, 0.15) is 12.6 Å². The third kappa shape index (κ3) is 5.90. The molecule has 0 spiro atoms. The third-order valence-corrected chi connectivity index (χ3v) is 3.80. The van der Waals surface area contributed by atoms with E-state index >= 15 is 0 Å². The smallest absolute Gasteiger partial charge is 0.326 e. The molecule has 5 nitrogen and oxygen atoms in total. The maximum Gasteiger partial charge on any atom is 0.326 e. The number of aliphatic carboxylic acids is 1. The normalized spacial score (nSPS) is 24.4. The van der Waals surface area contributed by atoms with Crippen LogP contribution in [0.25, 0.3) is 0 Å². The molecule has 2 N–H and O–H groups in total. The van der Waals surface area contributed by atoms with Gasteiger partial charge < -0.3 is 15.2 Å². The van der Waals surface area contributed by atoms with E-state index in [1.54, 1.807) is 0 Å². The van der Waals surface area contributed by atoms with E-state index in [0.29, 0.717) is 12.3 Å². The monoisotopic (exact) mass is 285 g/mol. The molecule has 0 heterocycles. The van der Waals surface area contributed by atoms with Gasteiger partial charge in [-0.25, -0.2) is 4.79 Å². The van der Waals surface area contributed by atoms with Gasteiger partial charge in [-0.3, -0.25) is 4.79 Å². The summed E-state index contributed by atoms with van der Waals surface area (Å²) in [5.41, 5.74) is 0. The zero-order valence-electron chi connectivity index (χ0n) is 12.7. The minimum absolute atomic E-state index is 0.0448. The van der Waals surface area contributed by atoms with Gasteiger partial charge in [0.05, 0.1) is 6.10 Å². The molecule has 1 aliphatic carbocycles. The molecule has 0 aromatic heterocycles. The lowest BCUT2D eigenvalue weighted by Crippen LogP contribution is -2.44. The summed E-state index contributed by atoms with van der Waals surface area (Å²) < 4.78 is 5.64. The fraction of sp³-hybridized carbons (Fsp3) is 0.867. The summed E-state index contributed by atoms with van der Waals surface area (Å²) in [6.07, 6.45) is 5.05. The van der Waals surface area contributed by atoms with Gasteiger partial charge in [-0.15, -0.1) is 0 Å². The van der Waals surface area contributed by atoms with Crippen molar-refractivity contribution >= 4 is 11.9 Å². The van der Waals surface area contributed by atoms with E-state index in [2.05, 4.69) is 12.2 Å². The van der Waals surface area contributed by atoms with Gasteiger partial charge in [0.25, 0.3) is 0 Å². The predicted molar refractivity (Wildman–Crippen MR) is 76.4 cm³/mol. The molecule has 1 fully saturated rings. The number of carboxylic acid groups (broad SMARTS) is 1. The van der Waals surface area contributed by atoms with Crippen LogP contribution in [0.2, 0.25) is 0 Å². The molecule has 0 aliphatic heterocycles. The fourth-order valence-corrected chi connectivity index (χ4v) is 2.64. The number of carboxylic acids is 1. The van der Waals surface area contributed by atoms with Gasteiger partial charge in [-0.2, -0.15) is 0 Å². The molecule has 0 aromatic carbocycles. The first-order chi connectivity index (χ1) is 9.40. The number of hydrogen-bond donors (Lipinski definition) is 2. The molecular formula is C15H27NO4. The number of rotatable bonds is 7. The average Bonchev–Trinajstić information content (AvgIpc) is 2.36. The van der Waals surface area contributed by atoms with Crippen LogP contribution in [-0.4, -0.2) is 35.7 Å². The van der Waals surface area contributed by atoms with Crippen molar-refractivity contribution in [3.8, 4) is 0 Å². The topological polar surface area (TPSA) is 75.6 Å². The molecule has 0 saturated heterocycles. The molecule has 1 aliphatic rings. The number of carbonyl (C=O) groups excluding carboxylic acids is 1. The molecule has 116 valence electrons. The first-order valence-corrected chi connectivity index (χ1v) is 7.54. The predicted octanol–water partition coefficient (Wildman–Crippen LogP) is 2.20. The minimum Gasteiger partial charge on any atom is -0.480 e. The number of carbonyl (C=O) groups is 2. The van der Waals surface area contributed by atoms with E-state index in [-0.39, 0.29) is 24.5 Å². The molecule has 1 amide bonds. The highest BCUT2D eigenvalue weighted by molar-refractivity contribution is 5.84. The van der Waals surface area contributed by atoms with Crippen molar-refractivity contribution < 1.29 is 19.4 Å². The molecule has 20 heavy (non-hydrogen) atoms. The molecule has 3 atom stereocenters. The van der Waals surface area contributed by atoms with Crippen molar-refractivity contribution in [3.05, 3.63) is 0 Å². The number of amides is 1. The zero-order valence-corrected chi connectivity index (χ0v) is 12.7. The quantitative estimate of drug-likeness (QED) is 0.752.